The first-order valence-electron chi connectivity index (χ1n) is 7.00. The van der Waals surface area contributed by atoms with Crippen molar-refractivity contribution in [3.63, 3.8) is 0 Å². The maximum absolute atomic E-state index is 11.9. The Morgan fingerprint density at radius 2 is 2.25 bits per heavy atom. The molecule has 1 aliphatic carbocycles. The Balaban J connectivity index is 1.66. The molecule has 0 aromatic carbocycles. The number of rotatable bonds is 3. The summed E-state index contributed by atoms with van der Waals surface area (Å²) in [5, 5.41) is 3.78. The van der Waals surface area contributed by atoms with Crippen molar-refractivity contribution >= 4 is 39.3 Å². The lowest BCUT2D eigenvalue weighted by Crippen LogP contribution is -2.48. The minimum atomic E-state index is 0.222. The van der Waals surface area contributed by atoms with Gasteiger partial charge in [-0.2, -0.15) is 0 Å². The molecular formula is C14H17BrClN3O. The molecule has 2 fully saturated rings. The lowest BCUT2D eigenvalue weighted by Gasteiger charge is -2.34. The number of carbonyl (C=O) groups is 1. The van der Waals surface area contributed by atoms with E-state index in [1.165, 1.54) is 0 Å². The van der Waals surface area contributed by atoms with Crippen molar-refractivity contribution in [2.75, 3.05) is 18.0 Å². The van der Waals surface area contributed by atoms with Crippen LogP contribution in [0.2, 0.25) is 5.02 Å². The van der Waals surface area contributed by atoms with Crippen LogP contribution in [-0.2, 0) is 4.79 Å². The Morgan fingerprint density at radius 3 is 2.95 bits per heavy atom. The predicted octanol–water partition coefficient (Wildman–Crippen LogP) is 2.99. The van der Waals surface area contributed by atoms with Crippen molar-refractivity contribution in [2.24, 2.45) is 5.92 Å². The Bertz CT molecular complexity index is 521. The monoisotopic (exact) mass is 357 g/mol. The van der Waals surface area contributed by atoms with E-state index in [0.717, 1.165) is 49.1 Å². The van der Waals surface area contributed by atoms with Crippen LogP contribution < -0.4 is 10.2 Å². The lowest BCUT2D eigenvalue weighted by atomic mass is 10.1. The number of halogens is 2. The van der Waals surface area contributed by atoms with Crippen molar-refractivity contribution in [3.05, 3.63) is 21.8 Å². The third-order valence-electron chi connectivity index (χ3n) is 3.80. The van der Waals surface area contributed by atoms with Crippen molar-refractivity contribution in [2.45, 2.75) is 31.7 Å². The van der Waals surface area contributed by atoms with Gasteiger partial charge in [-0.25, -0.2) is 4.98 Å². The van der Waals surface area contributed by atoms with E-state index < -0.39 is 0 Å². The highest BCUT2D eigenvalue weighted by molar-refractivity contribution is 9.10. The third-order valence-corrected chi connectivity index (χ3v) is 4.59. The molecule has 1 aromatic rings. The minimum absolute atomic E-state index is 0.222. The molecule has 6 heteroatoms. The van der Waals surface area contributed by atoms with Crippen LogP contribution in [0.5, 0.6) is 0 Å². The Kier molecular flexibility index (Phi) is 4.17. The minimum Gasteiger partial charge on any atom is -0.354 e. The Hall–Kier alpha value is -0.810. The second-order valence-electron chi connectivity index (χ2n) is 5.53. The molecule has 1 amide bonds. The van der Waals surface area contributed by atoms with Crippen LogP contribution in [0.15, 0.2) is 16.7 Å². The van der Waals surface area contributed by atoms with Gasteiger partial charge in [-0.05, 0) is 47.7 Å². The van der Waals surface area contributed by atoms with Gasteiger partial charge in [0.1, 0.15) is 5.82 Å². The summed E-state index contributed by atoms with van der Waals surface area (Å²) >= 11 is 9.44. The van der Waals surface area contributed by atoms with Gasteiger partial charge in [0.05, 0.1) is 9.50 Å². The zero-order valence-corrected chi connectivity index (χ0v) is 13.5. The van der Waals surface area contributed by atoms with Gasteiger partial charge < -0.3 is 10.2 Å². The summed E-state index contributed by atoms with van der Waals surface area (Å²) in [6.07, 6.45) is 5.86. The fourth-order valence-corrected chi connectivity index (χ4v) is 3.48. The van der Waals surface area contributed by atoms with Gasteiger partial charge in [0.2, 0.25) is 5.91 Å². The molecule has 1 aromatic heterocycles. The normalized spacial score (nSPS) is 22.7. The fourth-order valence-electron chi connectivity index (χ4n) is 2.59. The predicted molar refractivity (Wildman–Crippen MR) is 83.0 cm³/mol. The van der Waals surface area contributed by atoms with E-state index in [2.05, 4.69) is 31.1 Å². The first kappa shape index (κ1) is 14.1. The molecule has 0 radical (unpaired) electrons. The van der Waals surface area contributed by atoms with Crippen molar-refractivity contribution in [1.29, 1.82) is 0 Å². The zero-order chi connectivity index (χ0) is 14.1. The molecule has 1 N–H and O–H groups in total. The number of nitrogens with zero attached hydrogens (tertiary/aromatic N) is 2. The first-order valence-corrected chi connectivity index (χ1v) is 8.17. The average molecular weight is 359 g/mol. The number of piperidine rings is 1. The topological polar surface area (TPSA) is 45.2 Å². The van der Waals surface area contributed by atoms with Gasteiger partial charge in [-0.1, -0.05) is 11.6 Å². The SMILES string of the molecule is O=C(NC1CCCN(c2ncc(Cl)cc2Br)C1)C1CC1. The molecule has 1 saturated heterocycles. The highest BCUT2D eigenvalue weighted by atomic mass is 79.9. The second kappa shape index (κ2) is 5.90. The molecule has 2 heterocycles. The summed E-state index contributed by atoms with van der Waals surface area (Å²) < 4.78 is 0.902. The molecule has 0 bridgehead atoms. The van der Waals surface area contributed by atoms with E-state index in [0.29, 0.717) is 5.02 Å². The van der Waals surface area contributed by atoms with Gasteiger partial charge in [0.15, 0.2) is 0 Å². The van der Waals surface area contributed by atoms with Crippen molar-refractivity contribution in [3.8, 4) is 0 Å². The van der Waals surface area contributed by atoms with E-state index in [4.69, 9.17) is 11.6 Å². The molecule has 4 nitrogen and oxygen atoms in total. The van der Waals surface area contributed by atoms with E-state index in [1.54, 1.807) is 6.20 Å². The van der Waals surface area contributed by atoms with E-state index in [-0.39, 0.29) is 17.9 Å². The molecule has 3 rings (SSSR count). The van der Waals surface area contributed by atoms with Crippen LogP contribution in [-0.4, -0.2) is 30.0 Å². The number of hydrogen-bond acceptors (Lipinski definition) is 3. The number of pyridine rings is 1. The molecular weight excluding hydrogens is 342 g/mol. The van der Waals surface area contributed by atoms with Crippen LogP contribution in [0.3, 0.4) is 0 Å². The summed E-state index contributed by atoms with van der Waals surface area (Å²) in [6, 6.07) is 2.08. The molecule has 1 aliphatic heterocycles. The molecule has 1 atom stereocenters. The van der Waals surface area contributed by atoms with Crippen LogP contribution in [0.1, 0.15) is 25.7 Å². The molecule has 0 spiro atoms. The maximum Gasteiger partial charge on any atom is 0.223 e. The molecule has 108 valence electrons. The fraction of sp³-hybridized carbons (Fsp3) is 0.571. The summed E-state index contributed by atoms with van der Waals surface area (Å²) in [4.78, 5) is 18.5. The third kappa shape index (κ3) is 3.26. The molecule has 2 aliphatic rings. The number of nitrogens with one attached hydrogen (secondary N) is 1. The maximum atomic E-state index is 11.9. The highest BCUT2D eigenvalue weighted by Gasteiger charge is 2.32. The highest BCUT2D eigenvalue weighted by Crippen LogP contribution is 2.30. The Labute approximate surface area is 132 Å². The largest absolute Gasteiger partial charge is 0.354 e. The average Bonchev–Trinajstić information content (AvgIpc) is 3.23. The van der Waals surface area contributed by atoms with Crippen LogP contribution in [0.4, 0.5) is 5.82 Å². The number of aromatic nitrogens is 1. The van der Waals surface area contributed by atoms with Gasteiger partial charge in [0.25, 0.3) is 0 Å². The van der Waals surface area contributed by atoms with Gasteiger partial charge in [-0.15, -0.1) is 0 Å². The van der Waals surface area contributed by atoms with Crippen LogP contribution in [0.25, 0.3) is 0 Å². The van der Waals surface area contributed by atoms with Crippen molar-refractivity contribution < 1.29 is 4.79 Å². The summed E-state index contributed by atoms with van der Waals surface area (Å²) in [6.45, 7) is 1.77. The molecule has 1 saturated carbocycles. The van der Waals surface area contributed by atoms with E-state index in [1.807, 2.05) is 6.07 Å². The van der Waals surface area contributed by atoms with Crippen molar-refractivity contribution in [1.82, 2.24) is 10.3 Å². The van der Waals surface area contributed by atoms with Crippen LogP contribution in [0, 0.1) is 5.92 Å². The molecule has 1 unspecified atom stereocenters. The Morgan fingerprint density at radius 1 is 1.45 bits per heavy atom. The van der Waals surface area contributed by atoms with E-state index >= 15 is 0 Å². The first-order chi connectivity index (χ1) is 9.63. The quantitative estimate of drug-likeness (QED) is 0.903. The number of hydrogen-bond donors (Lipinski definition) is 1. The second-order valence-corrected chi connectivity index (χ2v) is 6.82. The summed E-state index contributed by atoms with van der Waals surface area (Å²) in [5.74, 6) is 1.39. The van der Waals surface area contributed by atoms with Gasteiger partial charge in [-0.3, -0.25) is 4.79 Å². The summed E-state index contributed by atoms with van der Waals surface area (Å²) in [5.41, 5.74) is 0. The summed E-state index contributed by atoms with van der Waals surface area (Å²) in [7, 11) is 0. The van der Waals surface area contributed by atoms with E-state index in [9.17, 15) is 4.79 Å². The molecule has 20 heavy (non-hydrogen) atoms. The number of anilines is 1. The number of amides is 1. The lowest BCUT2D eigenvalue weighted by molar-refractivity contribution is -0.123. The van der Waals surface area contributed by atoms with Gasteiger partial charge >= 0.3 is 0 Å². The smallest absolute Gasteiger partial charge is 0.223 e. The standard InChI is InChI=1S/C14H17BrClN3O/c15-12-6-10(16)7-17-13(12)19-5-1-2-11(8-19)18-14(20)9-3-4-9/h6-7,9,11H,1-5,8H2,(H,18,20). The number of carbonyl (C=O) groups excluding carboxylic acids is 1. The van der Waals surface area contributed by atoms with Crippen LogP contribution >= 0.6 is 27.5 Å². The zero-order valence-electron chi connectivity index (χ0n) is 11.1. The van der Waals surface area contributed by atoms with Gasteiger partial charge in [0, 0.05) is 31.2 Å².